The molecule has 0 spiro atoms. The lowest BCUT2D eigenvalue weighted by molar-refractivity contribution is 0.116. The molecular weight excluding hydrogens is 1600 g/mol. The zero-order chi connectivity index (χ0) is 73.0. The molecule has 32 heteroatoms. The van der Waals surface area contributed by atoms with E-state index in [2.05, 4.69) is 165 Å². The van der Waals surface area contributed by atoms with E-state index in [1.54, 1.807) is 49.6 Å². The summed E-state index contributed by atoms with van der Waals surface area (Å²) in [5.41, 5.74) is 7.31. The summed E-state index contributed by atoms with van der Waals surface area (Å²) in [4.78, 5) is 55.7. The highest BCUT2D eigenvalue weighted by atomic mass is 79.9. The molecule has 3 fully saturated rings. The molecule has 12 aromatic heterocycles. The minimum atomic E-state index is -0.334. The van der Waals surface area contributed by atoms with E-state index in [1.807, 2.05) is 116 Å². The van der Waals surface area contributed by atoms with Crippen LogP contribution >= 0.6 is 63.7 Å². The van der Waals surface area contributed by atoms with E-state index in [0.717, 1.165) is 151 Å². The number of rotatable bonds is 24. The van der Waals surface area contributed by atoms with Crippen LogP contribution in [0.1, 0.15) is 113 Å². The van der Waals surface area contributed by atoms with E-state index in [1.165, 1.54) is 19.3 Å². The summed E-state index contributed by atoms with van der Waals surface area (Å²) in [6.45, 7) is 7.97. The van der Waals surface area contributed by atoms with Gasteiger partial charge < -0.3 is 62.5 Å². The molecule has 0 bridgehead atoms. The minimum absolute atomic E-state index is 0.0298. The molecule has 0 radical (unpaired) electrons. The van der Waals surface area contributed by atoms with Crippen molar-refractivity contribution in [3.8, 4) is 0 Å². The van der Waals surface area contributed by atoms with Gasteiger partial charge in [0.1, 0.15) is 41.7 Å². The number of aromatic nitrogens is 16. The number of halogens is 4. The summed E-state index contributed by atoms with van der Waals surface area (Å²) < 4.78 is 11.3. The Kier molecular flexibility index (Phi) is 27.1. The van der Waals surface area contributed by atoms with Crippen LogP contribution in [0.4, 0.5) is 46.5 Å². The quantitative estimate of drug-likeness (QED) is 0.0268. The molecule has 6 unspecified atom stereocenters. The summed E-state index contributed by atoms with van der Waals surface area (Å²) in [5, 5.41) is 62.6. The summed E-state index contributed by atoms with van der Waals surface area (Å²) in [5.74, 6) is 6.45. The first-order valence-corrected chi connectivity index (χ1v) is 38.7. The van der Waals surface area contributed by atoms with Crippen LogP contribution in [0.15, 0.2) is 166 Å². The molecule has 1 saturated heterocycles. The number of hydrogen-bond donors (Lipinski definition) is 11. The number of pyridine rings is 4. The minimum Gasteiger partial charge on any atom is -0.396 e. The first kappa shape index (κ1) is 75.9. The van der Waals surface area contributed by atoms with Gasteiger partial charge in [-0.2, -0.15) is 0 Å². The van der Waals surface area contributed by atoms with E-state index < -0.39 is 0 Å². The van der Waals surface area contributed by atoms with Gasteiger partial charge in [-0.05, 0) is 168 Å². The summed E-state index contributed by atoms with van der Waals surface area (Å²) >= 11 is 14.2. The van der Waals surface area contributed by atoms with Crippen molar-refractivity contribution in [3.05, 3.63) is 188 Å². The first-order chi connectivity index (χ1) is 51.3. The van der Waals surface area contributed by atoms with Crippen molar-refractivity contribution in [2.24, 2.45) is 11.8 Å². The van der Waals surface area contributed by atoms with Gasteiger partial charge >= 0.3 is 0 Å². The van der Waals surface area contributed by atoms with Gasteiger partial charge in [0.25, 0.3) is 0 Å². The highest BCUT2D eigenvalue weighted by Crippen LogP contribution is 2.33. The predicted molar refractivity (Wildman–Crippen MR) is 423 cm³/mol. The van der Waals surface area contributed by atoms with Crippen LogP contribution in [0.2, 0.25) is 0 Å². The number of nitrogens with zero attached hydrogens (tertiary/aromatic N) is 17. The normalized spacial score (nSPS) is 17.6. The number of piperidine rings is 1. The molecule has 28 nitrogen and oxygen atoms in total. The third-order valence-electron chi connectivity index (χ3n) is 18.8. The third kappa shape index (κ3) is 20.0. The number of anilines is 8. The van der Waals surface area contributed by atoms with Crippen LogP contribution in [0.25, 0.3) is 22.6 Å². The van der Waals surface area contributed by atoms with Gasteiger partial charge in [-0.3, -0.25) is 37.5 Å². The highest BCUT2D eigenvalue weighted by molar-refractivity contribution is 9.11. The zero-order valence-corrected chi connectivity index (χ0v) is 64.8. The molecule has 6 atom stereocenters. The maximum absolute atomic E-state index is 10.2. The topological polar surface area (TPSA) is 341 Å². The van der Waals surface area contributed by atoms with Gasteiger partial charge in [-0.15, -0.1) is 0 Å². The number of nitrogens with one attached hydrogen (secondary N) is 7. The Morgan fingerprint density at radius 1 is 0.467 bits per heavy atom. The average Bonchev–Trinajstić information content (AvgIpc) is 1.73. The Morgan fingerprint density at radius 3 is 1.29 bits per heavy atom. The average molecular weight is 1690 g/mol. The Bertz CT molecular complexity index is 4690. The monoisotopic (exact) mass is 1680 g/mol. The summed E-state index contributed by atoms with van der Waals surface area (Å²) in [6, 6.07) is 16.2. The molecule has 105 heavy (non-hydrogen) atoms. The smallest absolute Gasteiger partial charge is 0.181 e. The molecule has 2 saturated carbocycles. The van der Waals surface area contributed by atoms with Crippen molar-refractivity contribution in [1.29, 1.82) is 0 Å². The molecule has 2 aliphatic carbocycles. The molecule has 15 rings (SSSR count). The number of fused-ring (bicyclic) bond motifs is 4. The van der Waals surface area contributed by atoms with Crippen molar-refractivity contribution in [1.82, 2.24) is 77.4 Å². The second-order valence-corrected chi connectivity index (χ2v) is 29.7. The van der Waals surface area contributed by atoms with Crippen LogP contribution in [0.3, 0.4) is 0 Å². The van der Waals surface area contributed by atoms with Gasteiger partial charge in [0, 0.05) is 114 Å². The Morgan fingerprint density at radius 2 is 0.867 bits per heavy atom. The Balaban J connectivity index is 0.000000132. The standard InChI is InChI=1S/2C19H23BrN6O.C18H21BrN6O.C17H21BrN6O/c20-16-12-23-19-18(22-11-14-4-3-7-21-10-14)24-17(13-26(16)19)25-8-2-1-5-15(25)6-9-27;20-16-10-23-19-18(22-9-13-4-3-7-21-8-13)25-17(11-26(16)19)24-15-6-2-1-5-14(15)12-27;19-15-10-22-18-17(21-9-12-4-3-7-20-8-12)24-16(11-25(15)18)23-13-5-1-2-6-14(13)26;1-11(2)13(10-25)22-15-9-24-14(18)8-21-17(24)16(23-15)20-7-12-4-3-5-19-6-12/h3-4,7,10,12-13,15,27H,1-2,5-6,8-9,11H2,(H,22,24);3-4,7-8,10-11,14-15,24,27H,1-2,5-6,9,12H2,(H,22,25);3-4,7-8,10-11,13-14,23,26H,1-2,5-6,9H2,(H,21,24);3-6,8-9,11,13,22,25H,7,10H2,1-2H3,(H,20,23). The first-order valence-electron chi connectivity index (χ1n) is 35.5. The summed E-state index contributed by atoms with van der Waals surface area (Å²) in [7, 11) is 0. The van der Waals surface area contributed by atoms with Gasteiger partial charge in [0.05, 0.1) is 74.4 Å². The van der Waals surface area contributed by atoms with Crippen LogP contribution in [0, 0.1) is 11.8 Å². The highest BCUT2D eigenvalue weighted by Gasteiger charge is 2.28. The van der Waals surface area contributed by atoms with E-state index >= 15 is 0 Å². The fourth-order valence-corrected chi connectivity index (χ4v) is 14.5. The predicted octanol–water partition coefficient (Wildman–Crippen LogP) is 12.8. The Hall–Kier alpha value is -8.76. The Labute approximate surface area is 642 Å². The second-order valence-electron chi connectivity index (χ2n) is 26.4. The summed E-state index contributed by atoms with van der Waals surface area (Å²) in [6.07, 6.45) is 41.5. The fourth-order valence-electron chi connectivity index (χ4n) is 13.0. The molecular formula is C73H88Br4N24O4. The van der Waals surface area contributed by atoms with E-state index in [-0.39, 0.29) is 55.9 Å². The number of aliphatic hydroxyl groups is 4. The maximum Gasteiger partial charge on any atom is 0.181 e. The van der Waals surface area contributed by atoms with Crippen LogP contribution in [-0.4, -0.2) is 154 Å². The number of hydrogen-bond acceptors (Lipinski definition) is 24. The molecule has 0 aromatic carbocycles. The molecule has 12 aromatic rings. The lowest BCUT2D eigenvalue weighted by atomic mass is 9.85. The fraction of sp³-hybridized carbons (Fsp3) is 0.397. The van der Waals surface area contributed by atoms with Crippen molar-refractivity contribution >= 4 is 133 Å². The van der Waals surface area contributed by atoms with Crippen molar-refractivity contribution in [2.45, 2.75) is 147 Å². The van der Waals surface area contributed by atoms with E-state index in [4.69, 9.17) is 15.0 Å². The van der Waals surface area contributed by atoms with Gasteiger partial charge in [-0.1, -0.05) is 63.8 Å². The molecule has 552 valence electrons. The van der Waals surface area contributed by atoms with Crippen molar-refractivity contribution < 1.29 is 20.4 Å². The molecule has 3 aliphatic rings. The molecule has 0 amide bonds. The van der Waals surface area contributed by atoms with Crippen LogP contribution < -0.4 is 42.1 Å². The lowest BCUT2D eigenvalue weighted by Crippen LogP contribution is -2.40. The van der Waals surface area contributed by atoms with E-state index in [9.17, 15) is 20.4 Å². The third-order valence-corrected chi connectivity index (χ3v) is 21.1. The second kappa shape index (κ2) is 37.5. The SMILES string of the molecule is CC(C)C(CO)Nc1cn2c(Br)cnc2c(NCc2cccnc2)n1.OC1CCCCC1Nc1cn2c(Br)cnc2c(NCc2cccnc2)n1.OCC1CCCCC1Nc1cn2c(Br)cnc2c(NCc2cccnc2)n1.OCCC1CCCCN1c1cn2c(Br)cnc2c(NCc2cccnc2)n1. The molecule has 13 heterocycles. The van der Waals surface area contributed by atoms with Gasteiger partial charge in [-0.25, -0.2) is 39.9 Å². The zero-order valence-electron chi connectivity index (χ0n) is 58.4. The number of aliphatic hydroxyl groups excluding tert-OH is 4. The molecule has 11 N–H and O–H groups in total. The van der Waals surface area contributed by atoms with Crippen molar-refractivity contribution in [2.75, 3.05) is 68.5 Å². The lowest BCUT2D eigenvalue weighted by Gasteiger charge is -2.36. The molecule has 1 aliphatic heterocycles. The number of imidazole rings is 4. The van der Waals surface area contributed by atoms with Gasteiger partial charge in [0.2, 0.25) is 0 Å². The van der Waals surface area contributed by atoms with Crippen LogP contribution in [0.5, 0.6) is 0 Å². The van der Waals surface area contributed by atoms with Crippen LogP contribution in [-0.2, 0) is 26.2 Å². The maximum atomic E-state index is 10.2. The van der Waals surface area contributed by atoms with E-state index in [0.29, 0.717) is 55.5 Å². The van der Waals surface area contributed by atoms with Crippen molar-refractivity contribution in [3.63, 3.8) is 0 Å². The largest absolute Gasteiger partial charge is 0.396 e. The van der Waals surface area contributed by atoms with Gasteiger partial charge in [0.15, 0.2) is 45.9 Å².